The number of aromatic nitrogens is 2. The van der Waals surface area contributed by atoms with Crippen LogP contribution in [-0.4, -0.2) is 9.55 Å². The van der Waals surface area contributed by atoms with Crippen molar-refractivity contribution in [2.75, 3.05) is 5.32 Å². The van der Waals surface area contributed by atoms with Crippen LogP contribution in [0, 0.1) is 0 Å². The van der Waals surface area contributed by atoms with Crippen LogP contribution in [0.1, 0.15) is 17.2 Å². The summed E-state index contributed by atoms with van der Waals surface area (Å²) in [7, 11) is 2.08. The molecule has 0 saturated heterocycles. The molecule has 0 aliphatic rings. The van der Waals surface area contributed by atoms with Crippen molar-refractivity contribution in [1.29, 1.82) is 0 Å². The zero-order valence-electron chi connectivity index (χ0n) is 14.2. The first-order chi connectivity index (χ1) is 12.6. The van der Waals surface area contributed by atoms with Crippen molar-refractivity contribution in [2.24, 2.45) is 7.05 Å². The van der Waals surface area contributed by atoms with E-state index in [4.69, 9.17) is 0 Å². The molecule has 2 aromatic carbocycles. The molecule has 1 unspecified atom stereocenters. The quantitative estimate of drug-likeness (QED) is 0.379. The molecule has 0 fully saturated rings. The van der Waals surface area contributed by atoms with Gasteiger partial charge in [0, 0.05) is 44.9 Å². The van der Waals surface area contributed by atoms with Crippen LogP contribution >= 0.6 is 31.9 Å². The Balaban J connectivity index is 1.87. The highest BCUT2D eigenvalue weighted by atomic mass is 79.9. The molecule has 5 heteroatoms. The second-order valence-corrected chi connectivity index (χ2v) is 8.03. The highest BCUT2D eigenvalue weighted by Crippen LogP contribution is 2.34. The number of nitrogens with one attached hydrogen (secondary N) is 1. The van der Waals surface area contributed by atoms with Crippen molar-refractivity contribution in [3.63, 3.8) is 0 Å². The highest BCUT2D eigenvalue weighted by Gasteiger charge is 2.20. The maximum Gasteiger partial charge on any atom is 0.126 e. The fourth-order valence-electron chi connectivity index (χ4n) is 3.22. The predicted octanol–water partition coefficient (Wildman–Crippen LogP) is 6.30. The number of benzene rings is 2. The van der Waals surface area contributed by atoms with Crippen LogP contribution < -0.4 is 5.32 Å². The molecule has 0 aliphatic carbocycles. The lowest BCUT2D eigenvalue weighted by Gasteiger charge is -2.20. The molecule has 130 valence electrons. The number of hydrogen-bond acceptors (Lipinski definition) is 2. The normalized spacial score (nSPS) is 12.3. The molecule has 0 amide bonds. The predicted molar refractivity (Wildman–Crippen MR) is 114 cm³/mol. The molecule has 0 spiro atoms. The number of rotatable bonds is 4. The fraction of sp³-hybridized carbons (Fsp3) is 0.0952. The van der Waals surface area contributed by atoms with E-state index < -0.39 is 0 Å². The molecule has 2 heterocycles. The summed E-state index contributed by atoms with van der Waals surface area (Å²) in [4.78, 5) is 4.46. The van der Waals surface area contributed by atoms with E-state index in [0.717, 1.165) is 14.8 Å². The van der Waals surface area contributed by atoms with Gasteiger partial charge in [-0.3, -0.25) is 0 Å². The zero-order valence-corrected chi connectivity index (χ0v) is 17.3. The minimum atomic E-state index is -0.00370. The van der Waals surface area contributed by atoms with Gasteiger partial charge in [-0.2, -0.15) is 0 Å². The van der Waals surface area contributed by atoms with Crippen molar-refractivity contribution in [2.45, 2.75) is 6.04 Å². The summed E-state index contributed by atoms with van der Waals surface area (Å²) in [5, 5.41) is 4.82. The monoisotopic (exact) mass is 469 g/mol. The summed E-state index contributed by atoms with van der Waals surface area (Å²) in [6, 6.07) is 20.7. The molecule has 2 aromatic heterocycles. The van der Waals surface area contributed by atoms with Crippen LogP contribution in [0.4, 0.5) is 5.82 Å². The average molecular weight is 471 g/mol. The van der Waals surface area contributed by atoms with Crippen molar-refractivity contribution >= 4 is 48.6 Å². The van der Waals surface area contributed by atoms with Crippen molar-refractivity contribution < 1.29 is 0 Å². The van der Waals surface area contributed by atoms with E-state index in [2.05, 4.69) is 102 Å². The highest BCUT2D eigenvalue weighted by molar-refractivity contribution is 9.10. The summed E-state index contributed by atoms with van der Waals surface area (Å²) >= 11 is 7.14. The van der Waals surface area contributed by atoms with Gasteiger partial charge in [0.15, 0.2) is 0 Å². The molecule has 0 radical (unpaired) electrons. The molecule has 0 bridgehead atoms. The summed E-state index contributed by atoms with van der Waals surface area (Å²) in [6.45, 7) is 0. The van der Waals surface area contributed by atoms with Crippen molar-refractivity contribution in [3.8, 4) is 0 Å². The third-order valence-corrected chi connectivity index (χ3v) is 5.48. The van der Waals surface area contributed by atoms with Crippen LogP contribution in [-0.2, 0) is 7.05 Å². The Hall–Kier alpha value is -2.11. The Labute approximate surface area is 169 Å². The Morgan fingerprint density at radius 1 is 0.962 bits per heavy atom. The number of pyridine rings is 1. The van der Waals surface area contributed by atoms with Gasteiger partial charge in [-0.25, -0.2) is 4.98 Å². The molecular formula is C21H17Br2N3. The molecule has 3 nitrogen and oxygen atoms in total. The van der Waals surface area contributed by atoms with E-state index >= 15 is 0 Å². The summed E-state index contributed by atoms with van der Waals surface area (Å²) in [5.41, 5.74) is 3.61. The van der Waals surface area contributed by atoms with Gasteiger partial charge in [0.2, 0.25) is 0 Å². The van der Waals surface area contributed by atoms with E-state index in [-0.39, 0.29) is 6.04 Å². The third-order valence-electron chi connectivity index (χ3n) is 4.45. The van der Waals surface area contributed by atoms with Crippen LogP contribution in [0.2, 0.25) is 0 Å². The Morgan fingerprint density at radius 3 is 2.46 bits per heavy atom. The van der Waals surface area contributed by atoms with E-state index in [1.165, 1.54) is 22.0 Å². The van der Waals surface area contributed by atoms with Gasteiger partial charge < -0.3 is 9.88 Å². The topological polar surface area (TPSA) is 29.9 Å². The molecule has 26 heavy (non-hydrogen) atoms. The van der Waals surface area contributed by atoms with Crippen LogP contribution in [0.25, 0.3) is 10.9 Å². The minimum absolute atomic E-state index is 0.00370. The van der Waals surface area contributed by atoms with Gasteiger partial charge in [-0.05, 0) is 48.0 Å². The van der Waals surface area contributed by atoms with E-state index in [1.54, 1.807) is 6.20 Å². The number of fused-ring (bicyclic) bond motifs is 1. The summed E-state index contributed by atoms with van der Waals surface area (Å²) < 4.78 is 4.31. The molecule has 4 rings (SSSR count). The van der Waals surface area contributed by atoms with Crippen LogP contribution in [0.15, 0.2) is 82.0 Å². The standard InChI is InChI=1S/C21H17Br2N3/c1-26-13-18(17-12-16(23)9-10-19(17)26)21(14-5-7-15(22)8-6-14)25-20-4-2-3-11-24-20/h2-13,21H,1H3,(H,24,25). The first kappa shape index (κ1) is 17.3. The van der Waals surface area contributed by atoms with Crippen LogP contribution in [0.3, 0.4) is 0 Å². The maximum atomic E-state index is 4.46. The second kappa shape index (κ2) is 7.25. The lowest BCUT2D eigenvalue weighted by Crippen LogP contribution is -2.13. The number of hydrogen-bond donors (Lipinski definition) is 1. The Bertz CT molecular complexity index is 1040. The molecule has 1 N–H and O–H groups in total. The molecule has 0 saturated carbocycles. The van der Waals surface area contributed by atoms with Gasteiger partial charge in [-0.1, -0.05) is 50.1 Å². The van der Waals surface area contributed by atoms with Gasteiger partial charge >= 0.3 is 0 Å². The third kappa shape index (κ3) is 3.41. The molecular weight excluding hydrogens is 454 g/mol. The fourth-order valence-corrected chi connectivity index (χ4v) is 3.84. The zero-order chi connectivity index (χ0) is 18.1. The lowest BCUT2D eigenvalue weighted by atomic mass is 9.98. The largest absolute Gasteiger partial charge is 0.359 e. The summed E-state index contributed by atoms with van der Waals surface area (Å²) in [6.07, 6.45) is 4.00. The van der Waals surface area contributed by atoms with E-state index in [1.807, 2.05) is 18.2 Å². The van der Waals surface area contributed by atoms with Gasteiger partial charge in [0.1, 0.15) is 5.82 Å². The maximum absolute atomic E-state index is 4.46. The number of nitrogens with zero attached hydrogens (tertiary/aromatic N) is 2. The molecule has 0 aliphatic heterocycles. The smallest absolute Gasteiger partial charge is 0.126 e. The van der Waals surface area contributed by atoms with Crippen molar-refractivity contribution in [3.05, 3.63) is 93.1 Å². The van der Waals surface area contributed by atoms with E-state index in [0.29, 0.717) is 0 Å². The SMILES string of the molecule is Cn1cc(C(Nc2ccccn2)c2ccc(Br)cc2)c2cc(Br)ccc21. The Kier molecular flexibility index (Phi) is 4.83. The lowest BCUT2D eigenvalue weighted by molar-refractivity contribution is 0.902. The average Bonchev–Trinajstić information content (AvgIpc) is 2.97. The van der Waals surface area contributed by atoms with Gasteiger partial charge in [0.25, 0.3) is 0 Å². The number of aryl methyl sites for hydroxylation is 1. The number of anilines is 1. The van der Waals surface area contributed by atoms with Gasteiger partial charge in [-0.15, -0.1) is 0 Å². The van der Waals surface area contributed by atoms with Crippen molar-refractivity contribution in [1.82, 2.24) is 9.55 Å². The van der Waals surface area contributed by atoms with E-state index in [9.17, 15) is 0 Å². The minimum Gasteiger partial charge on any atom is -0.359 e. The first-order valence-corrected chi connectivity index (χ1v) is 9.88. The second-order valence-electron chi connectivity index (χ2n) is 6.20. The van der Waals surface area contributed by atoms with Crippen LogP contribution in [0.5, 0.6) is 0 Å². The van der Waals surface area contributed by atoms with Gasteiger partial charge in [0.05, 0.1) is 6.04 Å². The Morgan fingerprint density at radius 2 is 1.73 bits per heavy atom. The molecule has 4 aromatic rings. The number of halogens is 2. The first-order valence-electron chi connectivity index (χ1n) is 8.29. The summed E-state index contributed by atoms with van der Waals surface area (Å²) in [5.74, 6) is 0.854. The molecule has 1 atom stereocenters.